The lowest BCUT2D eigenvalue weighted by molar-refractivity contribution is -0.198. The number of benzene rings is 2. The van der Waals surface area contributed by atoms with Gasteiger partial charge in [-0.15, -0.1) is 0 Å². The zero-order chi connectivity index (χ0) is 29.6. The number of methoxy groups -OCH3 is 1. The van der Waals surface area contributed by atoms with Crippen LogP contribution in [0.3, 0.4) is 0 Å². The molecule has 2 rings (SSSR count). The zero-order valence-electron chi connectivity index (χ0n) is 25.4. The minimum Gasteiger partial charge on any atom is -0.457 e. The second kappa shape index (κ2) is 16.8. The van der Waals surface area contributed by atoms with Crippen LogP contribution in [0.5, 0.6) is 0 Å². The quantitative estimate of drug-likeness (QED) is 0.0907. The van der Waals surface area contributed by atoms with E-state index in [4.69, 9.17) is 28.1 Å². The molecule has 7 nitrogen and oxygen atoms in total. The first-order valence-electron chi connectivity index (χ1n) is 13.8. The fraction of sp³-hybridized carbons (Fsp3) is 0.531. The summed E-state index contributed by atoms with van der Waals surface area (Å²) in [6, 6.07) is 19.8. The predicted octanol–water partition coefficient (Wildman–Crippen LogP) is 6.68. The molecule has 0 heterocycles. The van der Waals surface area contributed by atoms with Crippen LogP contribution >= 0.6 is 0 Å². The number of hydrogen-bond donors (Lipinski definition) is 0. The van der Waals surface area contributed by atoms with Gasteiger partial charge in [0.1, 0.15) is 25.1 Å². The molecule has 0 radical (unpaired) electrons. The summed E-state index contributed by atoms with van der Waals surface area (Å²) in [6.45, 7) is 15.2. The van der Waals surface area contributed by atoms with Gasteiger partial charge in [0.2, 0.25) is 0 Å². The van der Waals surface area contributed by atoms with Crippen LogP contribution in [0.4, 0.5) is 0 Å². The molecule has 0 saturated carbocycles. The first-order valence-corrected chi connectivity index (χ1v) is 16.7. The Balaban J connectivity index is 2.51. The Morgan fingerprint density at radius 1 is 0.875 bits per heavy atom. The van der Waals surface area contributed by atoms with Gasteiger partial charge in [-0.2, -0.15) is 0 Å². The lowest BCUT2D eigenvalue weighted by Crippen LogP contribution is -2.53. The fourth-order valence-corrected chi connectivity index (χ4v) is 4.83. The number of ether oxygens (including phenoxy) is 5. The van der Waals surface area contributed by atoms with Gasteiger partial charge in [0, 0.05) is 14.0 Å². The van der Waals surface area contributed by atoms with Gasteiger partial charge < -0.3 is 28.1 Å². The number of esters is 1. The van der Waals surface area contributed by atoms with Gasteiger partial charge >= 0.3 is 5.97 Å². The topological polar surface area (TPSA) is 72.5 Å². The molecule has 0 amide bonds. The van der Waals surface area contributed by atoms with Crippen LogP contribution in [0, 0.1) is 0 Å². The molecule has 4 atom stereocenters. The number of allylic oxidation sites excluding steroid dienone is 1. The van der Waals surface area contributed by atoms with Crippen molar-refractivity contribution in [2.45, 2.75) is 90.4 Å². The van der Waals surface area contributed by atoms with E-state index in [0.717, 1.165) is 11.1 Å². The molecule has 0 aliphatic heterocycles. The minimum atomic E-state index is -2.15. The van der Waals surface area contributed by atoms with Crippen LogP contribution in [-0.2, 0) is 46.1 Å². The molecule has 40 heavy (non-hydrogen) atoms. The molecule has 8 heteroatoms. The highest BCUT2D eigenvalue weighted by atomic mass is 28.4. The minimum absolute atomic E-state index is 0.00170. The Morgan fingerprint density at radius 2 is 1.43 bits per heavy atom. The van der Waals surface area contributed by atoms with E-state index in [9.17, 15) is 4.79 Å². The van der Waals surface area contributed by atoms with E-state index in [-0.39, 0.29) is 18.4 Å². The molecule has 0 unspecified atom stereocenters. The lowest BCUT2D eigenvalue weighted by atomic mass is 10.0. The molecule has 0 bridgehead atoms. The van der Waals surface area contributed by atoms with Gasteiger partial charge in [-0.05, 0) is 36.2 Å². The largest absolute Gasteiger partial charge is 0.457 e. The highest BCUT2D eigenvalue weighted by molar-refractivity contribution is 6.74. The van der Waals surface area contributed by atoms with Crippen molar-refractivity contribution in [2.75, 3.05) is 20.5 Å². The third kappa shape index (κ3) is 11.3. The standard InChI is InChI=1S/C32H48O7Si/c1-9-16-28(37-24-34-6)31(39-25(2)33)30(36-22-27-19-14-11-15-20-27)29(23-38-40(7,8)32(3,4)5)35-21-26-17-12-10-13-18-26/h9-20,28-31H,21-24H2,1-8H3/b16-9-/t28-,29+,30-,31+/m1/s1. The molecule has 2 aromatic rings. The van der Waals surface area contributed by atoms with E-state index < -0.39 is 38.7 Å². The van der Waals surface area contributed by atoms with Crippen LogP contribution in [0.2, 0.25) is 18.1 Å². The molecular formula is C32H48O7Si. The summed E-state index contributed by atoms with van der Waals surface area (Å²) in [4.78, 5) is 12.4. The average Bonchev–Trinajstić information content (AvgIpc) is 2.91. The average molecular weight is 573 g/mol. The number of carbonyl (C=O) groups excluding carboxylic acids is 1. The third-order valence-electron chi connectivity index (χ3n) is 7.08. The van der Waals surface area contributed by atoms with Crippen molar-refractivity contribution in [3.05, 3.63) is 83.9 Å². The number of hydrogen-bond acceptors (Lipinski definition) is 7. The van der Waals surface area contributed by atoms with Crippen molar-refractivity contribution in [1.29, 1.82) is 0 Å². The fourth-order valence-electron chi connectivity index (χ4n) is 3.81. The van der Waals surface area contributed by atoms with Crippen molar-refractivity contribution in [1.82, 2.24) is 0 Å². The second-order valence-corrected chi connectivity index (χ2v) is 16.1. The molecule has 222 valence electrons. The number of rotatable bonds is 17. The van der Waals surface area contributed by atoms with Crippen molar-refractivity contribution in [3.63, 3.8) is 0 Å². The van der Waals surface area contributed by atoms with Crippen molar-refractivity contribution in [2.24, 2.45) is 0 Å². The van der Waals surface area contributed by atoms with Crippen LogP contribution in [-0.4, -0.2) is 59.2 Å². The molecular weight excluding hydrogens is 524 g/mol. The molecule has 0 aliphatic carbocycles. The maximum absolute atomic E-state index is 12.4. The highest BCUT2D eigenvalue weighted by Crippen LogP contribution is 2.37. The monoisotopic (exact) mass is 572 g/mol. The van der Waals surface area contributed by atoms with Crippen LogP contribution < -0.4 is 0 Å². The first-order chi connectivity index (χ1) is 19.0. The molecule has 0 spiro atoms. The lowest BCUT2D eigenvalue weighted by Gasteiger charge is -2.40. The van der Waals surface area contributed by atoms with Crippen molar-refractivity contribution in [3.8, 4) is 0 Å². The van der Waals surface area contributed by atoms with Crippen LogP contribution in [0.1, 0.15) is 45.7 Å². The van der Waals surface area contributed by atoms with Gasteiger partial charge in [0.15, 0.2) is 14.4 Å². The van der Waals surface area contributed by atoms with E-state index in [2.05, 4.69) is 33.9 Å². The summed E-state index contributed by atoms with van der Waals surface area (Å²) in [7, 11) is -0.596. The smallest absolute Gasteiger partial charge is 0.303 e. The summed E-state index contributed by atoms with van der Waals surface area (Å²) < 4.78 is 36.9. The summed E-state index contributed by atoms with van der Waals surface area (Å²) in [5.41, 5.74) is 2.01. The summed E-state index contributed by atoms with van der Waals surface area (Å²) in [5.74, 6) is -0.444. The van der Waals surface area contributed by atoms with Gasteiger partial charge in [-0.25, -0.2) is 0 Å². The molecule has 2 aromatic carbocycles. The SMILES string of the molecule is C/C=C\[C@@H](OCOC)[C@H](OC(C)=O)[C@H](OCc1ccccc1)[C@H](CO[Si](C)(C)C(C)(C)C)OCc1ccccc1. The van der Waals surface area contributed by atoms with E-state index in [1.54, 1.807) is 7.11 Å². The van der Waals surface area contributed by atoms with E-state index in [0.29, 0.717) is 13.2 Å². The first kappa shape index (κ1) is 33.9. The second-order valence-electron chi connectivity index (χ2n) is 11.3. The molecule has 0 fully saturated rings. The van der Waals surface area contributed by atoms with E-state index >= 15 is 0 Å². The van der Waals surface area contributed by atoms with Crippen molar-refractivity contribution >= 4 is 14.3 Å². The van der Waals surface area contributed by atoms with Crippen LogP contribution in [0.25, 0.3) is 0 Å². The van der Waals surface area contributed by atoms with E-state index in [1.165, 1.54) is 6.92 Å². The Morgan fingerprint density at radius 3 is 1.90 bits per heavy atom. The highest BCUT2D eigenvalue weighted by Gasteiger charge is 2.42. The number of carbonyl (C=O) groups is 1. The van der Waals surface area contributed by atoms with Gasteiger partial charge in [0.05, 0.1) is 19.8 Å². The Labute approximate surface area is 241 Å². The maximum atomic E-state index is 12.4. The molecule has 0 aromatic heterocycles. The van der Waals surface area contributed by atoms with Crippen LogP contribution in [0.15, 0.2) is 72.8 Å². The van der Waals surface area contributed by atoms with Gasteiger partial charge in [0.25, 0.3) is 0 Å². The normalized spacial score (nSPS) is 15.5. The Hall–Kier alpha value is -2.33. The molecule has 0 saturated heterocycles. The van der Waals surface area contributed by atoms with Gasteiger partial charge in [-0.1, -0.05) is 93.6 Å². The third-order valence-corrected chi connectivity index (χ3v) is 11.6. The maximum Gasteiger partial charge on any atom is 0.303 e. The molecule has 0 N–H and O–H groups in total. The Kier molecular flexibility index (Phi) is 14.2. The molecule has 0 aliphatic rings. The predicted molar refractivity (Wildman–Crippen MR) is 160 cm³/mol. The summed E-state index contributed by atoms with van der Waals surface area (Å²) >= 11 is 0. The summed E-state index contributed by atoms with van der Waals surface area (Å²) in [6.07, 6.45) is 0.962. The van der Waals surface area contributed by atoms with Gasteiger partial charge in [-0.3, -0.25) is 4.79 Å². The van der Waals surface area contributed by atoms with E-state index in [1.807, 2.05) is 79.7 Å². The van der Waals surface area contributed by atoms with Crippen molar-refractivity contribution < 1.29 is 32.9 Å². The summed E-state index contributed by atoms with van der Waals surface area (Å²) in [5, 5.41) is 0.00170. The zero-order valence-corrected chi connectivity index (χ0v) is 26.4. The Bertz CT molecular complexity index is 1000.